The Morgan fingerprint density at radius 2 is 2.36 bits per heavy atom. The number of esters is 1. The first-order valence-electron chi connectivity index (χ1n) is 3.95. The van der Waals surface area contributed by atoms with Crippen LogP contribution in [0.5, 0.6) is 0 Å². The number of halogens is 2. The van der Waals surface area contributed by atoms with Gasteiger partial charge in [-0.15, -0.1) is 0 Å². The molecule has 0 atom stereocenters. The van der Waals surface area contributed by atoms with E-state index in [1.165, 1.54) is 25.4 Å². The highest BCUT2D eigenvalue weighted by Crippen LogP contribution is 2.11. The van der Waals surface area contributed by atoms with E-state index < -0.39 is 18.8 Å². The number of alkyl halides is 2. The SMILES string of the molecule is COC(=O)c1ncccc1CC(F)F. The first-order chi connectivity index (χ1) is 6.65. The van der Waals surface area contributed by atoms with Gasteiger partial charge in [0.15, 0.2) is 5.69 Å². The molecular formula is C9H9F2NO2. The Bertz CT molecular complexity index is 328. The molecule has 0 saturated heterocycles. The zero-order valence-electron chi connectivity index (χ0n) is 7.54. The average molecular weight is 201 g/mol. The van der Waals surface area contributed by atoms with Crippen LogP contribution in [0, 0.1) is 0 Å². The van der Waals surface area contributed by atoms with Crippen molar-refractivity contribution in [2.45, 2.75) is 12.8 Å². The second-order valence-electron chi connectivity index (χ2n) is 2.60. The molecule has 1 heterocycles. The largest absolute Gasteiger partial charge is 0.464 e. The average Bonchev–Trinajstić information content (AvgIpc) is 2.16. The fraction of sp³-hybridized carbons (Fsp3) is 0.333. The predicted octanol–water partition coefficient (Wildman–Crippen LogP) is 1.68. The fourth-order valence-corrected chi connectivity index (χ4v) is 1.05. The maximum atomic E-state index is 12.1. The van der Waals surface area contributed by atoms with Crippen molar-refractivity contribution in [1.82, 2.24) is 4.98 Å². The van der Waals surface area contributed by atoms with E-state index in [4.69, 9.17) is 0 Å². The van der Waals surface area contributed by atoms with Crippen LogP contribution in [0.2, 0.25) is 0 Å². The molecule has 5 heteroatoms. The monoisotopic (exact) mass is 201 g/mol. The van der Waals surface area contributed by atoms with Gasteiger partial charge in [0.1, 0.15) is 0 Å². The van der Waals surface area contributed by atoms with E-state index in [9.17, 15) is 13.6 Å². The summed E-state index contributed by atoms with van der Waals surface area (Å²) in [6, 6.07) is 2.94. The van der Waals surface area contributed by atoms with Crippen LogP contribution in [0.25, 0.3) is 0 Å². The first kappa shape index (κ1) is 10.6. The van der Waals surface area contributed by atoms with Crippen LogP contribution in [0.1, 0.15) is 16.1 Å². The summed E-state index contributed by atoms with van der Waals surface area (Å²) in [4.78, 5) is 14.8. The molecule has 0 unspecified atom stereocenters. The Hall–Kier alpha value is -1.52. The van der Waals surface area contributed by atoms with E-state index in [-0.39, 0.29) is 11.3 Å². The van der Waals surface area contributed by atoms with Gasteiger partial charge < -0.3 is 4.74 Å². The molecule has 1 aromatic heterocycles. The van der Waals surface area contributed by atoms with Gasteiger partial charge in [0.2, 0.25) is 6.43 Å². The lowest BCUT2D eigenvalue weighted by atomic mass is 10.1. The summed E-state index contributed by atoms with van der Waals surface area (Å²) < 4.78 is 28.6. The maximum Gasteiger partial charge on any atom is 0.356 e. The number of aromatic nitrogens is 1. The number of carbonyl (C=O) groups excluding carboxylic acids is 1. The van der Waals surface area contributed by atoms with E-state index in [1.807, 2.05) is 0 Å². The first-order valence-corrected chi connectivity index (χ1v) is 3.95. The lowest BCUT2D eigenvalue weighted by Crippen LogP contribution is -2.10. The molecular weight excluding hydrogens is 192 g/mol. The number of hydrogen-bond acceptors (Lipinski definition) is 3. The number of pyridine rings is 1. The van der Waals surface area contributed by atoms with Crippen LogP contribution < -0.4 is 0 Å². The number of hydrogen-bond donors (Lipinski definition) is 0. The van der Waals surface area contributed by atoms with Crippen LogP contribution in [-0.2, 0) is 11.2 Å². The minimum atomic E-state index is -2.50. The minimum Gasteiger partial charge on any atom is -0.464 e. The highest BCUT2D eigenvalue weighted by atomic mass is 19.3. The Morgan fingerprint density at radius 1 is 1.64 bits per heavy atom. The quantitative estimate of drug-likeness (QED) is 0.698. The lowest BCUT2D eigenvalue weighted by molar-refractivity contribution is 0.0591. The molecule has 0 N–H and O–H groups in total. The smallest absolute Gasteiger partial charge is 0.356 e. The molecule has 1 aromatic rings. The number of ether oxygens (including phenoxy) is 1. The van der Waals surface area contributed by atoms with Crippen molar-refractivity contribution < 1.29 is 18.3 Å². The normalized spacial score (nSPS) is 10.3. The van der Waals surface area contributed by atoms with Gasteiger partial charge in [-0.25, -0.2) is 18.6 Å². The molecule has 0 spiro atoms. The van der Waals surface area contributed by atoms with Crippen LogP contribution in [0.3, 0.4) is 0 Å². The Labute approximate surface area is 79.7 Å². The minimum absolute atomic E-state index is 0.0460. The molecule has 0 aliphatic carbocycles. The summed E-state index contributed by atoms with van der Waals surface area (Å²) in [5, 5.41) is 0. The summed E-state index contributed by atoms with van der Waals surface area (Å²) in [5.74, 6) is -0.693. The summed E-state index contributed by atoms with van der Waals surface area (Å²) in [7, 11) is 1.18. The van der Waals surface area contributed by atoms with Crippen LogP contribution in [0.4, 0.5) is 8.78 Å². The van der Waals surface area contributed by atoms with Crippen molar-refractivity contribution >= 4 is 5.97 Å². The molecule has 0 saturated carbocycles. The molecule has 76 valence electrons. The van der Waals surface area contributed by atoms with Gasteiger partial charge in [-0.3, -0.25) is 0 Å². The van der Waals surface area contributed by atoms with Crippen molar-refractivity contribution in [2.24, 2.45) is 0 Å². The zero-order chi connectivity index (χ0) is 10.6. The summed E-state index contributed by atoms with van der Waals surface area (Å²) in [6.07, 6.45) is -1.62. The lowest BCUT2D eigenvalue weighted by Gasteiger charge is -2.05. The fourth-order valence-electron chi connectivity index (χ4n) is 1.05. The Morgan fingerprint density at radius 3 is 2.93 bits per heavy atom. The zero-order valence-corrected chi connectivity index (χ0v) is 7.54. The van der Waals surface area contributed by atoms with E-state index in [2.05, 4.69) is 9.72 Å². The van der Waals surface area contributed by atoms with E-state index >= 15 is 0 Å². The number of rotatable bonds is 3. The number of carbonyl (C=O) groups is 1. The molecule has 1 rings (SSSR count). The molecule has 0 aromatic carbocycles. The second kappa shape index (κ2) is 4.64. The highest BCUT2D eigenvalue weighted by Gasteiger charge is 2.15. The number of nitrogens with zero attached hydrogens (tertiary/aromatic N) is 1. The van der Waals surface area contributed by atoms with Gasteiger partial charge in [0.05, 0.1) is 7.11 Å². The molecule has 0 amide bonds. The van der Waals surface area contributed by atoms with Gasteiger partial charge in [0.25, 0.3) is 0 Å². The molecule has 0 fully saturated rings. The summed E-state index contributed by atoms with van der Waals surface area (Å²) in [5.41, 5.74) is 0.157. The van der Waals surface area contributed by atoms with E-state index in [1.54, 1.807) is 0 Å². The molecule has 0 radical (unpaired) electrons. The van der Waals surface area contributed by atoms with Gasteiger partial charge in [0, 0.05) is 12.6 Å². The van der Waals surface area contributed by atoms with Crippen LogP contribution in [-0.4, -0.2) is 24.5 Å². The van der Waals surface area contributed by atoms with Crippen molar-refractivity contribution in [3.8, 4) is 0 Å². The maximum absolute atomic E-state index is 12.1. The predicted molar refractivity (Wildman–Crippen MR) is 45.3 cm³/mol. The van der Waals surface area contributed by atoms with Gasteiger partial charge in [-0.1, -0.05) is 6.07 Å². The van der Waals surface area contributed by atoms with E-state index in [0.717, 1.165) is 0 Å². The standard InChI is InChI=1S/C9H9F2NO2/c1-14-9(13)8-6(5-7(10)11)3-2-4-12-8/h2-4,7H,5H2,1H3. The molecule has 14 heavy (non-hydrogen) atoms. The number of methoxy groups -OCH3 is 1. The van der Waals surface area contributed by atoms with Crippen LogP contribution >= 0.6 is 0 Å². The van der Waals surface area contributed by atoms with Crippen molar-refractivity contribution in [2.75, 3.05) is 7.11 Å². The van der Waals surface area contributed by atoms with Crippen LogP contribution in [0.15, 0.2) is 18.3 Å². The third-order valence-corrected chi connectivity index (χ3v) is 1.64. The van der Waals surface area contributed by atoms with Gasteiger partial charge in [-0.2, -0.15) is 0 Å². The van der Waals surface area contributed by atoms with E-state index in [0.29, 0.717) is 0 Å². The third-order valence-electron chi connectivity index (χ3n) is 1.64. The topological polar surface area (TPSA) is 39.2 Å². The molecule has 3 nitrogen and oxygen atoms in total. The summed E-state index contributed by atoms with van der Waals surface area (Å²) >= 11 is 0. The summed E-state index contributed by atoms with van der Waals surface area (Å²) in [6.45, 7) is 0. The molecule has 0 aliphatic heterocycles. The van der Waals surface area contributed by atoms with Gasteiger partial charge in [-0.05, 0) is 11.6 Å². The Balaban J connectivity index is 2.97. The van der Waals surface area contributed by atoms with Crippen molar-refractivity contribution in [3.63, 3.8) is 0 Å². The third kappa shape index (κ3) is 2.48. The highest BCUT2D eigenvalue weighted by molar-refractivity contribution is 5.88. The molecule has 0 bridgehead atoms. The second-order valence-corrected chi connectivity index (χ2v) is 2.60. The molecule has 0 aliphatic rings. The van der Waals surface area contributed by atoms with Gasteiger partial charge >= 0.3 is 5.97 Å². The van der Waals surface area contributed by atoms with Crippen molar-refractivity contribution in [3.05, 3.63) is 29.6 Å². The Kier molecular flexibility index (Phi) is 3.50. The van der Waals surface area contributed by atoms with Crippen molar-refractivity contribution in [1.29, 1.82) is 0 Å².